The number of benzene rings is 1. The zero-order valence-corrected chi connectivity index (χ0v) is 12.5. The summed E-state index contributed by atoms with van der Waals surface area (Å²) in [6.45, 7) is 2.38. The van der Waals surface area contributed by atoms with E-state index in [9.17, 15) is 0 Å². The Labute approximate surface area is 121 Å². The molecule has 0 bridgehead atoms. The van der Waals surface area contributed by atoms with Gasteiger partial charge in [-0.25, -0.2) is 0 Å². The molecule has 0 aromatic heterocycles. The molecule has 3 rings (SSSR count). The van der Waals surface area contributed by atoms with E-state index >= 15 is 0 Å². The molecule has 1 aromatic carbocycles. The number of hydrogen-bond donors (Lipinski definition) is 1. The molecule has 0 spiro atoms. The van der Waals surface area contributed by atoms with Crippen molar-refractivity contribution in [3.63, 3.8) is 0 Å². The lowest BCUT2D eigenvalue weighted by molar-refractivity contribution is 0.265. The van der Waals surface area contributed by atoms with Crippen LogP contribution in [0.15, 0.2) is 18.2 Å². The topological polar surface area (TPSA) is 12.0 Å². The second-order valence-electron chi connectivity index (χ2n) is 6.37. The zero-order valence-electron chi connectivity index (χ0n) is 11.8. The van der Waals surface area contributed by atoms with Crippen molar-refractivity contribution in [3.05, 3.63) is 34.3 Å². The highest BCUT2D eigenvalue weighted by Gasteiger charge is 2.26. The summed E-state index contributed by atoms with van der Waals surface area (Å²) in [5.41, 5.74) is 2.93. The normalized spacial score (nSPS) is 25.3. The van der Waals surface area contributed by atoms with Crippen LogP contribution in [0.25, 0.3) is 0 Å². The quantitative estimate of drug-likeness (QED) is 0.865. The molecule has 2 unspecified atom stereocenters. The van der Waals surface area contributed by atoms with Crippen LogP contribution >= 0.6 is 11.6 Å². The van der Waals surface area contributed by atoms with Gasteiger partial charge in [0.05, 0.1) is 0 Å². The maximum absolute atomic E-state index is 6.08. The predicted molar refractivity (Wildman–Crippen MR) is 81.8 cm³/mol. The van der Waals surface area contributed by atoms with Crippen molar-refractivity contribution < 1.29 is 0 Å². The molecule has 1 aromatic rings. The van der Waals surface area contributed by atoms with Crippen molar-refractivity contribution in [3.8, 4) is 0 Å². The van der Waals surface area contributed by atoms with Gasteiger partial charge in [-0.2, -0.15) is 0 Å². The SMILES string of the molecule is CC(NC1Cc2ccc(Cl)cc2C1)C1CCCCC1. The summed E-state index contributed by atoms with van der Waals surface area (Å²) in [6.07, 6.45) is 9.45. The van der Waals surface area contributed by atoms with Crippen molar-refractivity contribution >= 4 is 11.6 Å². The molecule has 0 heterocycles. The van der Waals surface area contributed by atoms with E-state index in [1.807, 2.05) is 6.07 Å². The van der Waals surface area contributed by atoms with Gasteiger partial charge in [0.15, 0.2) is 0 Å². The lowest BCUT2D eigenvalue weighted by Crippen LogP contribution is -2.42. The first kappa shape index (κ1) is 13.5. The largest absolute Gasteiger partial charge is 0.311 e. The molecule has 2 aliphatic rings. The van der Waals surface area contributed by atoms with Gasteiger partial charge in [0, 0.05) is 17.1 Å². The monoisotopic (exact) mass is 277 g/mol. The van der Waals surface area contributed by atoms with Gasteiger partial charge >= 0.3 is 0 Å². The van der Waals surface area contributed by atoms with Crippen molar-refractivity contribution in [1.82, 2.24) is 5.32 Å². The third-order valence-electron chi connectivity index (χ3n) is 4.96. The Morgan fingerprint density at radius 1 is 1.11 bits per heavy atom. The van der Waals surface area contributed by atoms with Gasteiger partial charge in [-0.05, 0) is 61.8 Å². The standard InChI is InChI=1S/C17H24ClN/c1-12(13-5-3-2-4-6-13)19-17-10-14-7-8-16(18)9-15(14)11-17/h7-9,12-13,17,19H,2-6,10-11H2,1H3. The maximum Gasteiger partial charge on any atom is 0.0408 e. The van der Waals surface area contributed by atoms with Gasteiger partial charge in [-0.3, -0.25) is 0 Å². The maximum atomic E-state index is 6.08. The zero-order chi connectivity index (χ0) is 13.2. The molecule has 104 valence electrons. The Morgan fingerprint density at radius 2 is 1.84 bits per heavy atom. The van der Waals surface area contributed by atoms with Crippen LogP contribution in [0.4, 0.5) is 0 Å². The summed E-state index contributed by atoms with van der Waals surface area (Å²) < 4.78 is 0. The molecule has 2 atom stereocenters. The van der Waals surface area contributed by atoms with E-state index in [1.165, 1.54) is 49.7 Å². The van der Waals surface area contributed by atoms with Gasteiger partial charge in [-0.1, -0.05) is 36.9 Å². The lowest BCUT2D eigenvalue weighted by Gasteiger charge is -2.30. The first-order valence-electron chi connectivity index (χ1n) is 7.76. The van der Waals surface area contributed by atoms with Crippen molar-refractivity contribution in [2.75, 3.05) is 0 Å². The molecule has 0 amide bonds. The van der Waals surface area contributed by atoms with Gasteiger partial charge in [0.25, 0.3) is 0 Å². The average molecular weight is 278 g/mol. The van der Waals surface area contributed by atoms with E-state index in [0.717, 1.165) is 17.4 Å². The van der Waals surface area contributed by atoms with Crippen LogP contribution in [0.3, 0.4) is 0 Å². The summed E-state index contributed by atoms with van der Waals surface area (Å²) in [4.78, 5) is 0. The van der Waals surface area contributed by atoms with Crippen LogP contribution in [-0.4, -0.2) is 12.1 Å². The Kier molecular flexibility index (Phi) is 4.14. The van der Waals surface area contributed by atoms with Crippen LogP contribution in [0.2, 0.25) is 5.02 Å². The second-order valence-corrected chi connectivity index (χ2v) is 6.81. The summed E-state index contributed by atoms with van der Waals surface area (Å²) in [6, 6.07) is 7.64. The molecule has 0 radical (unpaired) electrons. The van der Waals surface area contributed by atoms with E-state index in [0.29, 0.717) is 12.1 Å². The Hall–Kier alpha value is -0.530. The fourth-order valence-electron chi connectivity index (χ4n) is 3.85. The molecule has 2 aliphatic carbocycles. The Bertz CT molecular complexity index is 437. The highest BCUT2D eigenvalue weighted by atomic mass is 35.5. The van der Waals surface area contributed by atoms with Crippen LogP contribution in [0, 0.1) is 5.92 Å². The van der Waals surface area contributed by atoms with Crippen molar-refractivity contribution in [1.29, 1.82) is 0 Å². The van der Waals surface area contributed by atoms with E-state index in [2.05, 4.69) is 24.4 Å². The fraction of sp³-hybridized carbons (Fsp3) is 0.647. The molecule has 1 saturated carbocycles. The van der Waals surface area contributed by atoms with Crippen LogP contribution in [0.1, 0.15) is 50.2 Å². The van der Waals surface area contributed by atoms with Gasteiger partial charge in [0.2, 0.25) is 0 Å². The molecular formula is C17H24ClN. The van der Waals surface area contributed by atoms with Gasteiger partial charge < -0.3 is 5.32 Å². The fourth-order valence-corrected chi connectivity index (χ4v) is 4.04. The number of fused-ring (bicyclic) bond motifs is 1. The third kappa shape index (κ3) is 3.14. The molecule has 0 saturated heterocycles. The smallest absolute Gasteiger partial charge is 0.0408 e. The number of halogens is 1. The number of hydrogen-bond acceptors (Lipinski definition) is 1. The molecule has 1 nitrogen and oxygen atoms in total. The summed E-state index contributed by atoms with van der Waals surface area (Å²) in [5, 5.41) is 4.75. The van der Waals surface area contributed by atoms with Crippen LogP contribution in [0.5, 0.6) is 0 Å². The average Bonchev–Trinajstić information content (AvgIpc) is 2.81. The molecule has 0 aliphatic heterocycles. The molecule has 2 heteroatoms. The first-order valence-corrected chi connectivity index (χ1v) is 8.13. The first-order chi connectivity index (χ1) is 9.22. The van der Waals surface area contributed by atoms with Crippen LogP contribution in [-0.2, 0) is 12.8 Å². The van der Waals surface area contributed by atoms with E-state index in [-0.39, 0.29) is 0 Å². The molecule has 1 fully saturated rings. The lowest BCUT2D eigenvalue weighted by atomic mass is 9.84. The minimum absolute atomic E-state index is 0.616. The van der Waals surface area contributed by atoms with Crippen molar-refractivity contribution in [2.24, 2.45) is 5.92 Å². The Balaban J connectivity index is 1.57. The highest BCUT2D eigenvalue weighted by molar-refractivity contribution is 6.30. The summed E-state index contributed by atoms with van der Waals surface area (Å²) in [5.74, 6) is 0.890. The molecular weight excluding hydrogens is 254 g/mol. The van der Waals surface area contributed by atoms with Crippen molar-refractivity contribution in [2.45, 2.75) is 64.0 Å². The van der Waals surface area contributed by atoms with E-state index in [1.54, 1.807) is 0 Å². The number of rotatable bonds is 3. The molecule has 19 heavy (non-hydrogen) atoms. The third-order valence-corrected chi connectivity index (χ3v) is 5.19. The molecule has 1 N–H and O–H groups in total. The predicted octanol–water partition coefficient (Wildman–Crippen LogP) is 4.37. The van der Waals surface area contributed by atoms with E-state index in [4.69, 9.17) is 11.6 Å². The minimum atomic E-state index is 0.616. The minimum Gasteiger partial charge on any atom is -0.311 e. The Morgan fingerprint density at radius 3 is 2.63 bits per heavy atom. The summed E-state index contributed by atoms with van der Waals surface area (Å²) >= 11 is 6.08. The summed E-state index contributed by atoms with van der Waals surface area (Å²) in [7, 11) is 0. The van der Waals surface area contributed by atoms with Crippen LogP contribution < -0.4 is 5.32 Å². The van der Waals surface area contributed by atoms with Gasteiger partial charge in [0.1, 0.15) is 0 Å². The highest BCUT2D eigenvalue weighted by Crippen LogP contribution is 2.29. The second kappa shape index (κ2) is 5.85. The van der Waals surface area contributed by atoms with E-state index < -0.39 is 0 Å². The number of nitrogens with one attached hydrogen (secondary N) is 1. The van der Waals surface area contributed by atoms with Gasteiger partial charge in [-0.15, -0.1) is 0 Å².